The normalized spacial score (nSPS) is 14.3. The Morgan fingerprint density at radius 1 is 0.538 bits per heavy atom. The molecule has 1 unspecified atom stereocenters. The van der Waals surface area contributed by atoms with E-state index in [1.165, 1.54) is 0 Å². The highest BCUT2D eigenvalue weighted by Gasteiger charge is 2.25. The van der Waals surface area contributed by atoms with Crippen molar-refractivity contribution in [2.75, 3.05) is 10.2 Å². The third kappa shape index (κ3) is 3.61. The Hall–Kier alpha value is -5.22. The largest absolute Gasteiger partial charge is 0.464 e. The van der Waals surface area contributed by atoms with Gasteiger partial charge >= 0.3 is 0 Å². The molecule has 0 saturated carbocycles. The van der Waals surface area contributed by atoms with Crippen molar-refractivity contribution < 1.29 is 9.15 Å². The molecule has 0 saturated heterocycles. The van der Waals surface area contributed by atoms with Gasteiger partial charge in [0.2, 0.25) is 0 Å². The van der Waals surface area contributed by atoms with Crippen LogP contribution in [0.2, 0.25) is 0 Å². The fraction of sp³-hybridized carbons (Fsp3) is 0.0286. The number of para-hydroxylation sites is 2. The maximum absolute atomic E-state index is 6.42. The lowest BCUT2D eigenvalue weighted by molar-refractivity contribution is 0.262. The van der Waals surface area contributed by atoms with Crippen molar-refractivity contribution >= 4 is 55.5 Å². The van der Waals surface area contributed by atoms with Gasteiger partial charge in [-0.3, -0.25) is 0 Å². The van der Waals surface area contributed by atoms with Gasteiger partial charge in [0.05, 0.1) is 5.69 Å². The first kappa shape index (κ1) is 21.8. The highest BCUT2D eigenvalue weighted by atomic mass is 16.5. The second-order valence-corrected chi connectivity index (χ2v) is 9.85. The summed E-state index contributed by atoms with van der Waals surface area (Å²) in [6.45, 7) is 0. The van der Waals surface area contributed by atoms with E-state index in [0.717, 1.165) is 66.8 Å². The van der Waals surface area contributed by atoms with Gasteiger partial charge in [-0.25, -0.2) is 0 Å². The van der Waals surface area contributed by atoms with Crippen molar-refractivity contribution in [1.29, 1.82) is 0 Å². The zero-order valence-corrected chi connectivity index (χ0v) is 21.0. The second kappa shape index (κ2) is 8.67. The highest BCUT2D eigenvalue weighted by molar-refractivity contribution is 6.06. The van der Waals surface area contributed by atoms with Gasteiger partial charge < -0.3 is 19.4 Å². The van der Waals surface area contributed by atoms with E-state index in [1.807, 2.05) is 36.4 Å². The van der Waals surface area contributed by atoms with Crippen molar-refractivity contribution in [3.63, 3.8) is 0 Å². The molecule has 1 atom stereocenters. The Balaban J connectivity index is 1.24. The number of nitrogens with one attached hydrogen (secondary N) is 1. The van der Waals surface area contributed by atoms with Crippen molar-refractivity contribution in [3.05, 3.63) is 139 Å². The second-order valence-electron chi connectivity index (χ2n) is 9.85. The van der Waals surface area contributed by atoms with E-state index in [-0.39, 0.29) is 6.23 Å². The molecule has 1 N–H and O–H groups in total. The van der Waals surface area contributed by atoms with Crippen LogP contribution in [-0.4, -0.2) is 0 Å². The summed E-state index contributed by atoms with van der Waals surface area (Å²) in [5.74, 6) is 0.892. The quantitative estimate of drug-likeness (QED) is 0.259. The minimum Gasteiger partial charge on any atom is -0.464 e. The topological polar surface area (TPSA) is 37.6 Å². The summed E-state index contributed by atoms with van der Waals surface area (Å²) in [4.78, 5) is 2.27. The Morgan fingerprint density at radius 3 is 2.08 bits per heavy atom. The number of fused-ring (bicyclic) bond motifs is 6. The van der Waals surface area contributed by atoms with Crippen LogP contribution in [0.25, 0.3) is 32.7 Å². The van der Waals surface area contributed by atoms with E-state index in [9.17, 15) is 0 Å². The summed E-state index contributed by atoms with van der Waals surface area (Å²) in [6, 6.07) is 46.2. The molecule has 6 aromatic carbocycles. The van der Waals surface area contributed by atoms with E-state index >= 15 is 0 Å². The zero-order chi connectivity index (χ0) is 25.8. The van der Waals surface area contributed by atoms with E-state index in [4.69, 9.17) is 9.15 Å². The summed E-state index contributed by atoms with van der Waals surface area (Å²) >= 11 is 0. The molecule has 0 radical (unpaired) electrons. The van der Waals surface area contributed by atoms with Gasteiger partial charge in [-0.1, -0.05) is 72.8 Å². The molecule has 4 nitrogen and oxygen atoms in total. The zero-order valence-electron chi connectivity index (χ0n) is 21.0. The molecule has 1 aliphatic rings. The number of hydrogen-bond donors (Lipinski definition) is 1. The van der Waals surface area contributed by atoms with Gasteiger partial charge in [-0.2, -0.15) is 0 Å². The minimum atomic E-state index is -0.192. The first-order valence-corrected chi connectivity index (χ1v) is 13.1. The third-order valence-corrected chi connectivity index (χ3v) is 7.47. The number of ether oxygens (including phenoxy) is 1. The van der Waals surface area contributed by atoms with Crippen LogP contribution in [0.5, 0.6) is 5.75 Å². The Bertz CT molecular complexity index is 1980. The van der Waals surface area contributed by atoms with Crippen molar-refractivity contribution in [2.24, 2.45) is 0 Å². The third-order valence-electron chi connectivity index (χ3n) is 7.47. The molecule has 8 rings (SSSR count). The molecule has 0 aliphatic carbocycles. The number of furan rings is 1. The first-order valence-electron chi connectivity index (χ1n) is 13.1. The van der Waals surface area contributed by atoms with Crippen LogP contribution in [0.15, 0.2) is 138 Å². The van der Waals surface area contributed by atoms with Crippen LogP contribution in [-0.2, 0) is 0 Å². The predicted molar refractivity (Wildman–Crippen MR) is 159 cm³/mol. The van der Waals surface area contributed by atoms with Crippen LogP contribution >= 0.6 is 0 Å². The molecule has 1 aliphatic heterocycles. The Morgan fingerprint density at radius 2 is 1.23 bits per heavy atom. The van der Waals surface area contributed by atoms with Crippen LogP contribution < -0.4 is 15.0 Å². The molecule has 2 heterocycles. The van der Waals surface area contributed by atoms with Crippen LogP contribution in [0.3, 0.4) is 0 Å². The number of hydrogen-bond acceptors (Lipinski definition) is 4. The van der Waals surface area contributed by atoms with Gasteiger partial charge in [0, 0.05) is 44.9 Å². The maximum Gasteiger partial charge on any atom is 0.196 e. The van der Waals surface area contributed by atoms with Gasteiger partial charge in [-0.15, -0.1) is 0 Å². The summed E-state index contributed by atoms with van der Waals surface area (Å²) < 4.78 is 12.6. The summed E-state index contributed by atoms with van der Waals surface area (Å²) in [5, 5.41) is 7.97. The molecule has 4 heteroatoms. The molecule has 0 spiro atoms. The molecule has 186 valence electrons. The Kier molecular flexibility index (Phi) is 4.85. The van der Waals surface area contributed by atoms with Crippen LogP contribution in [0.1, 0.15) is 11.8 Å². The molecule has 0 fully saturated rings. The highest BCUT2D eigenvalue weighted by Crippen LogP contribution is 2.45. The summed E-state index contributed by atoms with van der Waals surface area (Å²) in [6.07, 6.45) is -0.192. The minimum absolute atomic E-state index is 0.192. The standard InChI is InChI=1S/C35H24N2O2/c1-3-9-23(10-4-1)35-36-31-20-15-24-21-26(16-18-28(24)34(31)39-35)37(25-11-5-2-6-12-25)27-17-19-30-29-13-7-8-14-32(29)38-33(30)22-27/h1-22,35-36H. The lowest BCUT2D eigenvalue weighted by Gasteiger charge is -2.26. The van der Waals surface area contributed by atoms with E-state index in [0.29, 0.717) is 0 Å². The monoisotopic (exact) mass is 504 g/mol. The number of benzene rings is 6. The van der Waals surface area contributed by atoms with E-state index in [2.05, 4.69) is 107 Å². The molecule has 7 aromatic rings. The number of anilines is 4. The maximum atomic E-state index is 6.42. The lowest BCUT2D eigenvalue weighted by Crippen LogP contribution is -2.10. The van der Waals surface area contributed by atoms with Gasteiger partial charge in [0.1, 0.15) is 11.2 Å². The summed E-state index contributed by atoms with van der Waals surface area (Å²) in [5.41, 5.74) is 7.08. The molecule has 1 aromatic heterocycles. The summed E-state index contributed by atoms with van der Waals surface area (Å²) in [7, 11) is 0. The van der Waals surface area contributed by atoms with Gasteiger partial charge in [-0.05, 0) is 60.0 Å². The van der Waals surface area contributed by atoms with Gasteiger partial charge in [0.25, 0.3) is 0 Å². The first-order chi connectivity index (χ1) is 19.3. The molecular weight excluding hydrogens is 480 g/mol. The average Bonchev–Trinajstić information content (AvgIpc) is 3.60. The van der Waals surface area contributed by atoms with Crippen molar-refractivity contribution in [2.45, 2.75) is 6.23 Å². The predicted octanol–water partition coefficient (Wildman–Crippen LogP) is 9.71. The number of nitrogens with zero attached hydrogens (tertiary/aromatic N) is 1. The fourth-order valence-electron chi connectivity index (χ4n) is 5.61. The smallest absolute Gasteiger partial charge is 0.196 e. The SMILES string of the molecule is c1ccc(C2Nc3ccc4cc(N(c5ccccc5)c5ccc6c(c5)oc5ccccc56)ccc4c3O2)cc1. The molecule has 39 heavy (non-hydrogen) atoms. The van der Waals surface area contributed by atoms with Crippen LogP contribution in [0.4, 0.5) is 22.7 Å². The molecule has 0 amide bonds. The number of rotatable bonds is 4. The average molecular weight is 505 g/mol. The lowest BCUT2D eigenvalue weighted by atomic mass is 10.1. The van der Waals surface area contributed by atoms with Crippen molar-refractivity contribution in [1.82, 2.24) is 0 Å². The van der Waals surface area contributed by atoms with E-state index in [1.54, 1.807) is 0 Å². The van der Waals surface area contributed by atoms with Crippen LogP contribution in [0, 0.1) is 0 Å². The van der Waals surface area contributed by atoms with Crippen molar-refractivity contribution in [3.8, 4) is 5.75 Å². The molecular formula is C35H24N2O2. The Labute approximate surface area is 225 Å². The van der Waals surface area contributed by atoms with Gasteiger partial charge in [0.15, 0.2) is 12.0 Å². The molecule has 0 bridgehead atoms. The van der Waals surface area contributed by atoms with E-state index < -0.39 is 0 Å². The fourth-order valence-corrected chi connectivity index (χ4v) is 5.61.